The summed E-state index contributed by atoms with van der Waals surface area (Å²) < 4.78 is 27.1. The zero-order valence-corrected chi connectivity index (χ0v) is 27.0. The predicted molar refractivity (Wildman–Crippen MR) is 173 cm³/mol. The molecule has 3 aliphatic heterocycles. The van der Waals surface area contributed by atoms with Crippen LogP contribution in [0.1, 0.15) is 74.0 Å². The summed E-state index contributed by atoms with van der Waals surface area (Å²) >= 11 is 0. The van der Waals surface area contributed by atoms with Gasteiger partial charge in [0.15, 0.2) is 0 Å². The maximum Gasteiger partial charge on any atom is 0.251 e. The van der Waals surface area contributed by atoms with Crippen LogP contribution in [0.4, 0.5) is 4.39 Å². The summed E-state index contributed by atoms with van der Waals surface area (Å²) in [6.07, 6.45) is 1.77. The Morgan fingerprint density at radius 1 is 1.04 bits per heavy atom. The van der Waals surface area contributed by atoms with Crippen molar-refractivity contribution in [3.63, 3.8) is 0 Å². The van der Waals surface area contributed by atoms with Crippen LogP contribution in [0, 0.1) is 5.92 Å². The lowest BCUT2D eigenvalue weighted by molar-refractivity contribution is -0.128. The monoisotopic (exact) mass is 629 g/mol. The first-order valence-electron chi connectivity index (χ1n) is 16.5. The second kappa shape index (κ2) is 14.3. The summed E-state index contributed by atoms with van der Waals surface area (Å²) in [4.78, 5) is 30.1. The third-order valence-corrected chi connectivity index (χ3v) is 9.35. The van der Waals surface area contributed by atoms with Crippen LogP contribution in [-0.2, 0) is 16.1 Å². The highest BCUT2D eigenvalue weighted by Crippen LogP contribution is 2.31. The molecule has 0 bridgehead atoms. The standard InChI is InChI=1S/C36H44FN5O4/c1-23(2)31-10-11-32(40-39-31)25-6-8-29(9-7-25)46-34-19-26(4-5-27(34)21-42-20-24(3)18-35(42)43)36(44)38-33-12-15-41(22-30(33)37)28-13-16-45-17-14-28/h4-11,19,23-24,28,30,33H,12-18,20-22H2,1-3H3,(H,38,44). The van der Waals surface area contributed by atoms with E-state index in [0.29, 0.717) is 80.6 Å². The van der Waals surface area contributed by atoms with E-state index in [-0.39, 0.29) is 11.8 Å². The smallest absolute Gasteiger partial charge is 0.251 e. The minimum atomic E-state index is -1.15. The topological polar surface area (TPSA) is 96.9 Å². The van der Waals surface area contributed by atoms with Crippen molar-refractivity contribution < 1.29 is 23.5 Å². The number of likely N-dealkylation sites (tertiary alicyclic amines) is 2. The van der Waals surface area contributed by atoms with Gasteiger partial charge < -0.3 is 19.7 Å². The van der Waals surface area contributed by atoms with E-state index in [1.807, 2.05) is 47.4 Å². The van der Waals surface area contributed by atoms with E-state index in [0.717, 1.165) is 41.9 Å². The first kappa shape index (κ1) is 32.1. The Morgan fingerprint density at radius 3 is 2.48 bits per heavy atom. The molecule has 1 aromatic heterocycles. The average Bonchev–Trinajstić information content (AvgIpc) is 3.39. The maximum absolute atomic E-state index is 15.3. The van der Waals surface area contributed by atoms with Gasteiger partial charge >= 0.3 is 0 Å². The highest BCUT2D eigenvalue weighted by Gasteiger charge is 2.34. The van der Waals surface area contributed by atoms with Gasteiger partial charge in [0.25, 0.3) is 5.91 Å². The van der Waals surface area contributed by atoms with Crippen LogP contribution in [-0.4, -0.2) is 82.9 Å². The van der Waals surface area contributed by atoms with Gasteiger partial charge in [-0.2, -0.15) is 10.2 Å². The number of hydrogen-bond donors (Lipinski definition) is 1. The molecule has 2 aromatic carbocycles. The molecule has 2 amide bonds. The molecule has 244 valence electrons. The minimum absolute atomic E-state index is 0.107. The molecule has 0 saturated carbocycles. The third kappa shape index (κ3) is 7.56. The quantitative estimate of drug-likeness (QED) is 0.322. The SMILES string of the molecule is CC1CC(=O)N(Cc2ccc(C(=O)NC3CCN(C4CCOCC4)CC3F)cc2Oc2ccc(-c3ccc(C(C)C)nn3)cc2)C1. The number of piperidine rings is 1. The van der Waals surface area contributed by atoms with Crippen molar-refractivity contribution in [1.29, 1.82) is 0 Å². The molecular weight excluding hydrogens is 585 g/mol. The van der Waals surface area contributed by atoms with Crippen molar-refractivity contribution in [3.05, 3.63) is 71.4 Å². The summed E-state index contributed by atoms with van der Waals surface area (Å²) in [5.74, 6) is 1.43. The number of amides is 2. The summed E-state index contributed by atoms with van der Waals surface area (Å²) in [6, 6.07) is 16.5. The Kier molecular flexibility index (Phi) is 9.94. The van der Waals surface area contributed by atoms with Crippen LogP contribution < -0.4 is 10.1 Å². The van der Waals surface area contributed by atoms with E-state index in [2.05, 4.69) is 41.2 Å². The van der Waals surface area contributed by atoms with Crippen LogP contribution in [0.2, 0.25) is 0 Å². The van der Waals surface area contributed by atoms with Crippen molar-refractivity contribution in [2.75, 3.05) is 32.8 Å². The zero-order valence-electron chi connectivity index (χ0n) is 27.0. The van der Waals surface area contributed by atoms with Crippen LogP contribution in [0.3, 0.4) is 0 Å². The maximum atomic E-state index is 15.3. The fourth-order valence-corrected chi connectivity index (χ4v) is 6.60. The molecule has 3 aliphatic rings. The number of nitrogens with zero attached hydrogens (tertiary/aromatic N) is 4. The lowest BCUT2D eigenvalue weighted by Crippen LogP contribution is -2.55. The third-order valence-electron chi connectivity index (χ3n) is 9.35. The average molecular weight is 630 g/mol. The molecule has 0 spiro atoms. The Balaban J connectivity index is 1.17. The van der Waals surface area contributed by atoms with Crippen molar-refractivity contribution in [1.82, 2.24) is 25.3 Å². The van der Waals surface area contributed by atoms with Crippen molar-refractivity contribution in [2.45, 2.75) is 77.2 Å². The number of hydrogen-bond acceptors (Lipinski definition) is 7. The first-order chi connectivity index (χ1) is 22.2. The molecule has 3 fully saturated rings. The highest BCUT2D eigenvalue weighted by atomic mass is 19.1. The van der Waals surface area contributed by atoms with E-state index >= 15 is 4.39 Å². The lowest BCUT2D eigenvalue weighted by atomic mass is 9.98. The molecule has 3 atom stereocenters. The number of ether oxygens (including phenoxy) is 2. The number of benzene rings is 2. The van der Waals surface area contributed by atoms with Crippen LogP contribution >= 0.6 is 0 Å². The number of rotatable bonds is 9. The van der Waals surface area contributed by atoms with Gasteiger partial charge in [-0.3, -0.25) is 14.5 Å². The van der Waals surface area contributed by atoms with Crippen molar-refractivity contribution in [3.8, 4) is 22.8 Å². The largest absolute Gasteiger partial charge is 0.457 e. The van der Waals surface area contributed by atoms with Crippen LogP contribution in [0.15, 0.2) is 54.6 Å². The normalized spacial score (nSPS) is 22.8. The number of alkyl halides is 1. The van der Waals surface area contributed by atoms with Gasteiger partial charge in [-0.15, -0.1) is 0 Å². The van der Waals surface area contributed by atoms with Crippen LogP contribution in [0.5, 0.6) is 11.5 Å². The summed E-state index contributed by atoms with van der Waals surface area (Å²) in [5.41, 5.74) is 3.79. The van der Waals surface area contributed by atoms with Gasteiger partial charge in [-0.25, -0.2) is 4.39 Å². The molecule has 4 heterocycles. The molecule has 6 rings (SSSR count). The van der Waals surface area contributed by atoms with Crippen LogP contribution in [0.25, 0.3) is 11.3 Å². The fraction of sp³-hybridized carbons (Fsp3) is 0.500. The van der Waals surface area contributed by atoms with E-state index < -0.39 is 12.2 Å². The zero-order chi connectivity index (χ0) is 32.2. The molecule has 9 nitrogen and oxygen atoms in total. The molecule has 3 unspecified atom stereocenters. The molecule has 1 N–H and O–H groups in total. The van der Waals surface area contributed by atoms with E-state index in [4.69, 9.17) is 9.47 Å². The van der Waals surface area contributed by atoms with Gasteiger partial charge in [-0.1, -0.05) is 26.8 Å². The number of nitrogens with one attached hydrogen (secondary N) is 1. The van der Waals surface area contributed by atoms with Crippen molar-refractivity contribution in [2.24, 2.45) is 5.92 Å². The Bertz CT molecular complexity index is 1510. The van der Waals surface area contributed by atoms with Gasteiger partial charge in [0.2, 0.25) is 5.91 Å². The molecule has 0 aliphatic carbocycles. The van der Waals surface area contributed by atoms with Gasteiger partial charge in [0.05, 0.1) is 17.4 Å². The lowest BCUT2D eigenvalue weighted by Gasteiger charge is -2.40. The summed E-state index contributed by atoms with van der Waals surface area (Å²) in [5, 5.41) is 11.6. The molecule has 0 radical (unpaired) electrons. The summed E-state index contributed by atoms with van der Waals surface area (Å²) in [7, 11) is 0. The Labute approximate surface area is 270 Å². The van der Waals surface area contributed by atoms with E-state index in [1.54, 1.807) is 12.1 Å². The molecule has 3 saturated heterocycles. The minimum Gasteiger partial charge on any atom is -0.457 e. The first-order valence-corrected chi connectivity index (χ1v) is 16.5. The van der Waals surface area contributed by atoms with Crippen molar-refractivity contribution >= 4 is 11.8 Å². The van der Waals surface area contributed by atoms with Gasteiger partial charge in [-0.05, 0) is 79.6 Å². The Morgan fingerprint density at radius 2 is 1.83 bits per heavy atom. The molecule has 3 aromatic rings. The summed E-state index contributed by atoms with van der Waals surface area (Å²) in [6.45, 7) is 9.78. The van der Waals surface area contributed by atoms with E-state index in [9.17, 15) is 9.59 Å². The van der Waals surface area contributed by atoms with Gasteiger partial charge in [0.1, 0.15) is 17.7 Å². The second-order valence-corrected chi connectivity index (χ2v) is 13.3. The molecule has 10 heteroatoms. The molecule has 46 heavy (non-hydrogen) atoms. The number of carbonyl (C=O) groups is 2. The number of aromatic nitrogens is 2. The highest BCUT2D eigenvalue weighted by molar-refractivity contribution is 5.95. The predicted octanol–water partition coefficient (Wildman–Crippen LogP) is 5.75. The second-order valence-electron chi connectivity index (χ2n) is 13.3. The number of halogens is 1. The number of carbonyl (C=O) groups excluding carboxylic acids is 2. The van der Waals surface area contributed by atoms with E-state index in [1.165, 1.54) is 0 Å². The van der Waals surface area contributed by atoms with Gasteiger partial charge in [0, 0.05) is 68.5 Å². The molecular formula is C36H44FN5O4. The fourth-order valence-electron chi connectivity index (χ4n) is 6.60. The Hall–Kier alpha value is -3.89.